The minimum absolute atomic E-state index is 0.278. The third kappa shape index (κ3) is 4.70. The number of nitrogen functional groups attached to an aromatic ring is 1. The van der Waals surface area contributed by atoms with Crippen molar-refractivity contribution in [3.63, 3.8) is 0 Å². The number of hydrogen-bond acceptors (Lipinski definition) is 7. The maximum atomic E-state index is 8.00. The van der Waals surface area contributed by atoms with Crippen LogP contribution in [0.15, 0.2) is 54.9 Å². The van der Waals surface area contributed by atoms with Crippen molar-refractivity contribution in [2.75, 3.05) is 57.2 Å². The van der Waals surface area contributed by atoms with Crippen LogP contribution in [0, 0.1) is 0 Å². The highest BCUT2D eigenvalue weighted by molar-refractivity contribution is 5.95. The summed E-state index contributed by atoms with van der Waals surface area (Å²) in [4.78, 5) is 12.3. The van der Waals surface area contributed by atoms with E-state index in [0.29, 0.717) is 35.3 Å². The number of nitrogens with zero attached hydrogens (tertiary/aromatic N) is 5. The van der Waals surface area contributed by atoms with E-state index >= 15 is 0 Å². The molecule has 0 aliphatic heterocycles. The molecular formula is C25H31N7O. The van der Waals surface area contributed by atoms with Gasteiger partial charge < -0.3 is 30.2 Å². The van der Waals surface area contributed by atoms with E-state index in [9.17, 15) is 0 Å². The van der Waals surface area contributed by atoms with Crippen molar-refractivity contribution in [3.8, 4) is 17.0 Å². The van der Waals surface area contributed by atoms with Gasteiger partial charge in [-0.25, -0.2) is 9.97 Å². The highest BCUT2D eigenvalue weighted by Crippen LogP contribution is 2.36. The van der Waals surface area contributed by atoms with Gasteiger partial charge in [-0.2, -0.15) is 0 Å². The van der Waals surface area contributed by atoms with Crippen molar-refractivity contribution in [1.29, 1.82) is 0 Å². The summed E-state index contributed by atoms with van der Waals surface area (Å²) < 4.78 is 31.6. The van der Waals surface area contributed by atoms with Crippen molar-refractivity contribution in [2.45, 2.75) is 0 Å². The molecule has 4 rings (SSSR count). The summed E-state index contributed by atoms with van der Waals surface area (Å²) in [5, 5.41) is 4.28. The van der Waals surface area contributed by atoms with Crippen LogP contribution in [0.4, 0.5) is 23.0 Å². The molecule has 0 amide bonds. The molecule has 0 radical (unpaired) electrons. The maximum Gasteiger partial charge on any atom is 0.227 e. The van der Waals surface area contributed by atoms with E-state index in [-0.39, 0.29) is 6.54 Å². The molecule has 2 heterocycles. The van der Waals surface area contributed by atoms with Gasteiger partial charge in [0.05, 0.1) is 29.9 Å². The van der Waals surface area contributed by atoms with Crippen molar-refractivity contribution in [1.82, 2.24) is 19.4 Å². The molecule has 3 N–H and O–H groups in total. The topological polar surface area (TPSA) is 84.5 Å². The lowest BCUT2D eigenvalue weighted by Crippen LogP contribution is -2.29. The molecule has 0 atom stereocenters. The van der Waals surface area contributed by atoms with E-state index in [4.69, 9.17) is 19.6 Å². The average molecular weight is 449 g/mol. The van der Waals surface area contributed by atoms with Gasteiger partial charge in [-0.05, 0) is 32.3 Å². The normalized spacial score (nSPS) is 12.9. The predicted molar refractivity (Wildman–Crippen MR) is 136 cm³/mol. The van der Waals surface area contributed by atoms with Gasteiger partial charge in [-0.1, -0.05) is 18.2 Å². The maximum absolute atomic E-state index is 8.00. The highest BCUT2D eigenvalue weighted by Gasteiger charge is 2.15. The Morgan fingerprint density at radius 3 is 2.76 bits per heavy atom. The molecule has 172 valence electrons. The summed E-state index contributed by atoms with van der Waals surface area (Å²) in [5.41, 5.74) is 10.4. The second-order valence-electron chi connectivity index (χ2n) is 8.13. The molecule has 8 nitrogen and oxygen atoms in total. The molecule has 0 fully saturated rings. The number of aromatic nitrogens is 3. The first-order valence-electron chi connectivity index (χ1n) is 12.1. The molecule has 4 aromatic rings. The van der Waals surface area contributed by atoms with Gasteiger partial charge in [-0.15, -0.1) is 0 Å². The van der Waals surface area contributed by atoms with Gasteiger partial charge in [0, 0.05) is 66.2 Å². The Bertz CT molecular complexity index is 1370. The first-order chi connectivity index (χ1) is 17.1. The van der Waals surface area contributed by atoms with Gasteiger partial charge in [0.1, 0.15) is 5.75 Å². The van der Waals surface area contributed by atoms with Crippen LogP contribution in [0.5, 0.6) is 5.75 Å². The third-order valence-electron chi connectivity index (χ3n) is 5.49. The van der Waals surface area contributed by atoms with Gasteiger partial charge in [-0.3, -0.25) is 0 Å². The smallest absolute Gasteiger partial charge is 0.227 e. The molecular weight excluding hydrogens is 414 g/mol. The zero-order chi connectivity index (χ0) is 26.0. The van der Waals surface area contributed by atoms with Crippen LogP contribution in [0.2, 0.25) is 0 Å². The Morgan fingerprint density at radius 2 is 2.00 bits per heavy atom. The fourth-order valence-corrected chi connectivity index (χ4v) is 3.74. The molecule has 33 heavy (non-hydrogen) atoms. The monoisotopic (exact) mass is 448 g/mol. The van der Waals surface area contributed by atoms with E-state index in [1.54, 1.807) is 18.3 Å². The first kappa shape index (κ1) is 18.8. The largest absolute Gasteiger partial charge is 0.494 e. The van der Waals surface area contributed by atoms with Gasteiger partial charge in [0.15, 0.2) is 0 Å². The number of hydrogen-bond donors (Lipinski definition) is 2. The van der Waals surface area contributed by atoms with Crippen LogP contribution in [0.1, 0.15) is 4.11 Å². The lowest BCUT2D eigenvalue weighted by Gasteiger charge is -2.24. The second-order valence-corrected chi connectivity index (χ2v) is 8.13. The van der Waals surface area contributed by atoms with Crippen LogP contribution in [0.25, 0.3) is 22.2 Å². The number of nitrogens with one attached hydrogen (secondary N) is 1. The Morgan fingerprint density at radius 1 is 1.18 bits per heavy atom. The number of methoxy groups -OCH3 is 1. The number of benzene rings is 2. The van der Waals surface area contributed by atoms with E-state index < -0.39 is 6.98 Å². The molecule has 0 bridgehead atoms. The van der Waals surface area contributed by atoms with E-state index in [1.165, 1.54) is 12.0 Å². The summed E-state index contributed by atoms with van der Waals surface area (Å²) >= 11 is 0. The lowest BCUT2D eigenvalue weighted by molar-refractivity contribution is 0.413. The standard InChI is InChI=1S/C25H31N7O/c1-30(2)12-13-31(3)23-15-24(33-5)21(14-19(23)26)29-25-27-11-10-20(28-25)18-16-32(4)22-9-7-6-8-17(18)22/h6-11,14-16H,12-13,26H2,1-5H3,(H,27,28,29)/i3D3. The summed E-state index contributed by atoms with van der Waals surface area (Å²) in [6.07, 6.45) is 3.73. The van der Waals surface area contributed by atoms with Crippen molar-refractivity contribution in [3.05, 3.63) is 54.9 Å². The van der Waals surface area contributed by atoms with Gasteiger partial charge >= 0.3 is 0 Å². The molecule has 0 aliphatic rings. The molecule has 0 saturated heterocycles. The highest BCUT2D eigenvalue weighted by atomic mass is 16.5. The molecule has 0 spiro atoms. The molecule has 0 aliphatic carbocycles. The minimum atomic E-state index is -2.36. The zero-order valence-electron chi connectivity index (χ0n) is 22.3. The van der Waals surface area contributed by atoms with Crippen LogP contribution in [-0.2, 0) is 7.05 Å². The molecule has 0 unspecified atom stereocenters. The summed E-state index contributed by atoms with van der Waals surface area (Å²) in [6.45, 7) is -1.53. The Labute approximate surface area is 198 Å². The van der Waals surface area contributed by atoms with Crippen LogP contribution >= 0.6 is 0 Å². The SMILES string of the molecule is [2H]C([2H])([2H])N(CCN(C)C)c1cc(OC)c(Nc2nccc(-c3cn(C)c4ccccc34)n2)cc1N. The lowest BCUT2D eigenvalue weighted by atomic mass is 10.1. The Kier molecular flexibility index (Phi) is 5.33. The number of para-hydroxylation sites is 1. The van der Waals surface area contributed by atoms with Crippen molar-refractivity contribution >= 4 is 33.9 Å². The number of anilines is 4. The number of likely N-dealkylation sites (N-methyl/N-ethyl adjacent to an activating group) is 2. The number of ether oxygens (including phenoxy) is 1. The number of rotatable bonds is 8. The third-order valence-corrected chi connectivity index (χ3v) is 5.49. The fourth-order valence-electron chi connectivity index (χ4n) is 3.74. The molecule has 2 aromatic heterocycles. The van der Waals surface area contributed by atoms with Crippen LogP contribution < -0.4 is 20.7 Å². The van der Waals surface area contributed by atoms with Gasteiger partial charge in [0.25, 0.3) is 0 Å². The quantitative estimate of drug-likeness (QED) is 0.395. The molecule has 0 saturated carbocycles. The summed E-state index contributed by atoms with van der Waals surface area (Å²) in [6, 6.07) is 13.3. The number of fused-ring (bicyclic) bond motifs is 1. The molecule has 8 heteroatoms. The Hall–Kier alpha value is -3.78. The van der Waals surface area contributed by atoms with Crippen molar-refractivity contribution in [2.24, 2.45) is 7.05 Å². The van der Waals surface area contributed by atoms with E-state index in [1.807, 2.05) is 50.4 Å². The predicted octanol–water partition coefficient (Wildman–Crippen LogP) is 3.97. The number of aryl methyl sites for hydroxylation is 1. The van der Waals surface area contributed by atoms with Crippen LogP contribution in [0.3, 0.4) is 0 Å². The van der Waals surface area contributed by atoms with E-state index in [0.717, 1.165) is 22.2 Å². The fraction of sp³-hybridized carbons (Fsp3) is 0.280. The Balaban J connectivity index is 1.68. The molecule has 2 aromatic carbocycles. The average Bonchev–Trinajstić information content (AvgIpc) is 3.16. The van der Waals surface area contributed by atoms with Crippen LogP contribution in [-0.4, -0.2) is 60.7 Å². The first-order valence-corrected chi connectivity index (χ1v) is 10.6. The van der Waals surface area contributed by atoms with Gasteiger partial charge in [0.2, 0.25) is 5.95 Å². The number of nitrogens with two attached hydrogens (primary N) is 1. The minimum Gasteiger partial charge on any atom is -0.494 e. The summed E-state index contributed by atoms with van der Waals surface area (Å²) in [5.74, 6) is 0.795. The summed E-state index contributed by atoms with van der Waals surface area (Å²) in [7, 11) is 7.30. The van der Waals surface area contributed by atoms with E-state index in [2.05, 4.69) is 27.0 Å². The van der Waals surface area contributed by atoms with Crippen molar-refractivity contribution < 1.29 is 8.85 Å². The second kappa shape index (κ2) is 9.38. The zero-order valence-corrected chi connectivity index (χ0v) is 19.3.